The summed E-state index contributed by atoms with van der Waals surface area (Å²) >= 11 is 0. The third-order valence-electron chi connectivity index (χ3n) is 8.51. The van der Waals surface area contributed by atoms with Crippen molar-refractivity contribution in [3.8, 4) is 0 Å². The smallest absolute Gasteiger partial charge is 0.310 e. The SMILES string of the molecule is O=C(O)C1(CN2CCC(CC[C@@H]3CC3c3ccccc3)(COCc3cccc(F)c3)CC2)CC1. The average molecular weight is 466 g/mol. The number of carboxylic acid groups (broad SMARTS) is 1. The molecule has 0 radical (unpaired) electrons. The van der Waals surface area contributed by atoms with Gasteiger partial charge in [-0.1, -0.05) is 42.5 Å². The minimum atomic E-state index is -0.636. The van der Waals surface area contributed by atoms with Crippen LogP contribution in [0.15, 0.2) is 54.6 Å². The summed E-state index contributed by atoms with van der Waals surface area (Å²) in [5, 5.41) is 9.58. The van der Waals surface area contributed by atoms with Crippen molar-refractivity contribution in [2.75, 3.05) is 26.2 Å². The molecule has 0 bridgehead atoms. The summed E-state index contributed by atoms with van der Waals surface area (Å²) in [6.45, 7) is 3.67. The predicted octanol–water partition coefficient (Wildman–Crippen LogP) is 5.87. The second kappa shape index (κ2) is 9.79. The summed E-state index contributed by atoms with van der Waals surface area (Å²) in [5.41, 5.74) is 1.96. The summed E-state index contributed by atoms with van der Waals surface area (Å²) < 4.78 is 19.7. The molecule has 1 aliphatic heterocycles. The van der Waals surface area contributed by atoms with Gasteiger partial charge in [-0.2, -0.15) is 0 Å². The Hall–Kier alpha value is -2.24. The Bertz CT molecular complexity index is 982. The number of benzene rings is 2. The van der Waals surface area contributed by atoms with E-state index in [4.69, 9.17) is 4.74 Å². The van der Waals surface area contributed by atoms with Gasteiger partial charge in [-0.3, -0.25) is 4.79 Å². The number of ether oxygens (including phenoxy) is 1. The van der Waals surface area contributed by atoms with Crippen LogP contribution in [-0.2, 0) is 16.1 Å². The molecule has 0 amide bonds. The number of likely N-dealkylation sites (tertiary alicyclic amines) is 1. The highest BCUT2D eigenvalue weighted by molar-refractivity contribution is 5.78. The number of nitrogens with zero attached hydrogens (tertiary/aromatic N) is 1. The molecule has 2 aliphatic carbocycles. The van der Waals surface area contributed by atoms with E-state index in [-0.39, 0.29) is 11.2 Å². The zero-order chi connectivity index (χ0) is 23.6. The number of piperidine rings is 1. The summed E-state index contributed by atoms with van der Waals surface area (Å²) in [5.74, 6) is 0.583. The molecular weight excluding hydrogens is 429 g/mol. The molecule has 5 heteroatoms. The second-order valence-electron chi connectivity index (χ2n) is 11.0. The first-order chi connectivity index (χ1) is 16.5. The molecule has 1 N–H and O–H groups in total. The van der Waals surface area contributed by atoms with Crippen molar-refractivity contribution in [3.63, 3.8) is 0 Å². The zero-order valence-electron chi connectivity index (χ0n) is 19.9. The van der Waals surface area contributed by atoms with Crippen molar-refractivity contribution in [1.29, 1.82) is 0 Å². The zero-order valence-corrected chi connectivity index (χ0v) is 19.9. The molecule has 0 aromatic heterocycles. The standard InChI is InChI=1S/C29H36FNO3/c30-25-8-4-5-22(17-25)19-34-21-28(10-9-24-18-26(24)23-6-2-1-3-7-23)13-15-31(16-14-28)20-29(11-12-29)27(32)33/h1-8,17,24,26H,9-16,18-21H2,(H,32,33)/t24-,26?/m1/s1. The molecule has 2 aromatic carbocycles. The van der Waals surface area contributed by atoms with Crippen LogP contribution in [0.2, 0.25) is 0 Å². The molecule has 3 fully saturated rings. The predicted molar refractivity (Wildman–Crippen MR) is 130 cm³/mol. The maximum Gasteiger partial charge on any atom is 0.310 e. The maximum atomic E-state index is 13.6. The molecule has 182 valence electrons. The van der Waals surface area contributed by atoms with Crippen LogP contribution >= 0.6 is 0 Å². The lowest BCUT2D eigenvalue weighted by atomic mass is 9.74. The first kappa shape index (κ1) is 23.5. The highest BCUT2D eigenvalue weighted by Gasteiger charge is 2.52. The normalized spacial score (nSPS) is 25.1. The van der Waals surface area contributed by atoms with Crippen LogP contribution in [0.3, 0.4) is 0 Å². The summed E-state index contributed by atoms with van der Waals surface area (Å²) in [6, 6.07) is 17.5. The van der Waals surface area contributed by atoms with Crippen LogP contribution in [0.1, 0.15) is 62.0 Å². The maximum absolute atomic E-state index is 13.6. The van der Waals surface area contributed by atoms with E-state index in [0.29, 0.717) is 25.7 Å². The lowest BCUT2D eigenvalue weighted by Gasteiger charge is -2.42. The second-order valence-corrected chi connectivity index (χ2v) is 11.0. The lowest BCUT2D eigenvalue weighted by molar-refractivity contribution is -0.144. The van der Waals surface area contributed by atoms with Gasteiger partial charge in [0.05, 0.1) is 18.6 Å². The fraction of sp³-hybridized carbons (Fsp3) is 0.552. The van der Waals surface area contributed by atoms with Gasteiger partial charge >= 0.3 is 5.97 Å². The Morgan fingerprint density at radius 3 is 2.50 bits per heavy atom. The molecular formula is C29H36FNO3. The van der Waals surface area contributed by atoms with Crippen LogP contribution < -0.4 is 0 Å². The molecule has 5 rings (SSSR count). The molecule has 1 unspecified atom stereocenters. The molecule has 0 spiro atoms. The fourth-order valence-corrected chi connectivity index (χ4v) is 5.85. The molecule has 1 saturated heterocycles. The Kier molecular flexibility index (Phi) is 6.76. The van der Waals surface area contributed by atoms with E-state index in [2.05, 4.69) is 35.2 Å². The van der Waals surface area contributed by atoms with Gasteiger partial charge < -0.3 is 14.7 Å². The van der Waals surface area contributed by atoms with Gasteiger partial charge in [0.1, 0.15) is 5.82 Å². The monoisotopic (exact) mass is 465 g/mol. The number of halogens is 1. The molecule has 34 heavy (non-hydrogen) atoms. The van der Waals surface area contributed by atoms with E-state index >= 15 is 0 Å². The van der Waals surface area contributed by atoms with E-state index in [1.54, 1.807) is 12.1 Å². The van der Waals surface area contributed by atoms with Crippen LogP contribution in [0.5, 0.6) is 0 Å². The quantitative estimate of drug-likeness (QED) is 0.451. The van der Waals surface area contributed by atoms with Gasteiger partial charge in [-0.15, -0.1) is 0 Å². The van der Waals surface area contributed by atoms with Gasteiger partial charge in [-0.05, 0) is 98.5 Å². The highest BCUT2D eigenvalue weighted by atomic mass is 19.1. The highest BCUT2D eigenvalue weighted by Crippen LogP contribution is 2.53. The van der Waals surface area contributed by atoms with E-state index in [1.165, 1.54) is 24.5 Å². The van der Waals surface area contributed by atoms with Crippen molar-refractivity contribution in [1.82, 2.24) is 4.90 Å². The molecule has 1 heterocycles. The van der Waals surface area contributed by atoms with Gasteiger partial charge in [0.25, 0.3) is 0 Å². The van der Waals surface area contributed by atoms with Crippen molar-refractivity contribution >= 4 is 5.97 Å². The minimum absolute atomic E-state index is 0.119. The van der Waals surface area contributed by atoms with Gasteiger partial charge in [0.15, 0.2) is 0 Å². The van der Waals surface area contributed by atoms with Crippen LogP contribution in [-0.4, -0.2) is 42.2 Å². The lowest BCUT2D eigenvalue weighted by Crippen LogP contribution is -2.45. The molecule has 2 aromatic rings. The third-order valence-corrected chi connectivity index (χ3v) is 8.51. The van der Waals surface area contributed by atoms with Crippen LogP contribution in [0, 0.1) is 22.6 Å². The number of hydrogen-bond donors (Lipinski definition) is 1. The van der Waals surface area contributed by atoms with E-state index in [1.807, 2.05) is 6.07 Å². The first-order valence-corrected chi connectivity index (χ1v) is 12.8. The summed E-state index contributed by atoms with van der Waals surface area (Å²) in [6.07, 6.45) is 7.32. The topological polar surface area (TPSA) is 49.8 Å². The van der Waals surface area contributed by atoms with Crippen LogP contribution in [0.25, 0.3) is 0 Å². The summed E-state index contributed by atoms with van der Waals surface area (Å²) in [4.78, 5) is 14.0. The fourth-order valence-electron chi connectivity index (χ4n) is 5.85. The van der Waals surface area contributed by atoms with Crippen molar-refractivity contribution in [2.24, 2.45) is 16.7 Å². The van der Waals surface area contributed by atoms with Crippen molar-refractivity contribution in [2.45, 2.75) is 57.5 Å². The minimum Gasteiger partial charge on any atom is -0.481 e. The Balaban J connectivity index is 1.18. The third kappa shape index (κ3) is 5.52. The summed E-state index contributed by atoms with van der Waals surface area (Å²) in [7, 11) is 0. The number of hydrogen-bond acceptors (Lipinski definition) is 3. The van der Waals surface area contributed by atoms with Gasteiger partial charge in [0, 0.05) is 6.54 Å². The number of rotatable bonds is 11. The van der Waals surface area contributed by atoms with Crippen LogP contribution in [0.4, 0.5) is 4.39 Å². The van der Waals surface area contributed by atoms with Crippen molar-refractivity contribution < 1.29 is 19.0 Å². The molecule has 2 atom stereocenters. The first-order valence-electron chi connectivity index (χ1n) is 12.8. The number of aliphatic carboxylic acids is 1. The molecule has 3 aliphatic rings. The van der Waals surface area contributed by atoms with E-state index < -0.39 is 11.4 Å². The Labute approximate surface area is 202 Å². The molecule has 2 saturated carbocycles. The van der Waals surface area contributed by atoms with E-state index in [0.717, 1.165) is 56.7 Å². The van der Waals surface area contributed by atoms with Crippen molar-refractivity contribution in [3.05, 3.63) is 71.5 Å². The Morgan fingerprint density at radius 1 is 1.06 bits per heavy atom. The van der Waals surface area contributed by atoms with Gasteiger partial charge in [0.2, 0.25) is 0 Å². The Morgan fingerprint density at radius 2 is 1.82 bits per heavy atom. The number of carboxylic acids is 1. The van der Waals surface area contributed by atoms with E-state index in [9.17, 15) is 14.3 Å². The number of carbonyl (C=O) groups is 1. The largest absolute Gasteiger partial charge is 0.481 e. The van der Waals surface area contributed by atoms with Gasteiger partial charge in [-0.25, -0.2) is 4.39 Å². The molecule has 4 nitrogen and oxygen atoms in total. The average Bonchev–Trinajstić information content (AvgIpc) is 3.76.